The highest BCUT2D eigenvalue weighted by molar-refractivity contribution is 7.99. The summed E-state index contributed by atoms with van der Waals surface area (Å²) in [5.41, 5.74) is 0.949. The number of aryl methyl sites for hydroxylation is 1. The van der Waals surface area contributed by atoms with Crippen molar-refractivity contribution in [3.05, 3.63) is 48.3 Å². The number of H-pyrrole nitrogens is 1. The Kier molecular flexibility index (Phi) is 5.15. The summed E-state index contributed by atoms with van der Waals surface area (Å²) in [5, 5.41) is 9.84. The third kappa shape index (κ3) is 3.43. The molecule has 1 N–H and O–H groups in total. The van der Waals surface area contributed by atoms with Gasteiger partial charge in [-0.1, -0.05) is 55.1 Å². The number of nitrogens with zero attached hydrogens (tertiary/aromatic N) is 3. The molecule has 1 heterocycles. The number of thioether (sulfide) groups is 1. The molecular weight excluding hydrogens is 320 g/mol. The molecule has 0 bridgehead atoms. The highest BCUT2D eigenvalue weighted by Crippen LogP contribution is 2.27. The lowest BCUT2D eigenvalue weighted by atomic mass is 10.1. The van der Waals surface area contributed by atoms with Crippen LogP contribution in [0, 0.1) is 0 Å². The monoisotopic (exact) mass is 340 g/mol. The van der Waals surface area contributed by atoms with Crippen LogP contribution in [-0.2, 0) is 11.2 Å². The molecule has 5 nitrogen and oxygen atoms in total. The maximum atomic E-state index is 12.7. The van der Waals surface area contributed by atoms with Crippen molar-refractivity contribution >= 4 is 34.1 Å². The van der Waals surface area contributed by atoms with Gasteiger partial charge in [-0.3, -0.25) is 9.89 Å². The van der Waals surface area contributed by atoms with Crippen LogP contribution in [0.15, 0.2) is 47.6 Å². The Morgan fingerprint density at radius 3 is 2.71 bits per heavy atom. The molecule has 0 radical (unpaired) electrons. The first-order valence-corrected chi connectivity index (χ1v) is 9.03. The van der Waals surface area contributed by atoms with E-state index in [4.69, 9.17) is 0 Å². The number of benzene rings is 2. The van der Waals surface area contributed by atoms with Crippen LogP contribution in [-0.4, -0.2) is 33.4 Å². The number of fused-ring (bicyclic) bond motifs is 1. The smallest absolute Gasteiger partial charge is 0.237 e. The molecule has 1 aromatic heterocycles. The lowest BCUT2D eigenvalue weighted by molar-refractivity contribution is -0.116. The second-order valence-electron chi connectivity index (χ2n) is 5.34. The molecule has 1 amide bonds. The molecular formula is C18H20N4OS. The number of nitrogens with one attached hydrogen (secondary N) is 1. The fourth-order valence-corrected chi connectivity index (χ4v) is 3.32. The molecule has 6 heteroatoms. The zero-order chi connectivity index (χ0) is 16.9. The van der Waals surface area contributed by atoms with Gasteiger partial charge in [-0.25, -0.2) is 4.98 Å². The molecule has 24 heavy (non-hydrogen) atoms. The van der Waals surface area contributed by atoms with E-state index < -0.39 is 0 Å². The van der Waals surface area contributed by atoms with Crippen LogP contribution < -0.4 is 4.90 Å². The minimum Gasteiger partial charge on any atom is -0.311 e. The summed E-state index contributed by atoms with van der Waals surface area (Å²) in [5.74, 6) is 1.21. The minimum absolute atomic E-state index is 0.0571. The average molecular weight is 340 g/mol. The second-order valence-corrected chi connectivity index (χ2v) is 6.29. The van der Waals surface area contributed by atoms with Gasteiger partial charge in [-0.2, -0.15) is 0 Å². The number of anilines is 1. The van der Waals surface area contributed by atoms with E-state index in [2.05, 4.69) is 33.4 Å². The van der Waals surface area contributed by atoms with Crippen molar-refractivity contribution in [2.45, 2.75) is 25.4 Å². The number of hydrogen-bond donors (Lipinski definition) is 1. The van der Waals surface area contributed by atoms with E-state index in [-0.39, 0.29) is 5.91 Å². The SMILES string of the molecule is CCc1nc(SCC(=O)N(CC)c2cccc3ccccc23)n[nH]1. The van der Waals surface area contributed by atoms with Gasteiger partial charge in [0.1, 0.15) is 5.82 Å². The highest BCUT2D eigenvalue weighted by Gasteiger charge is 2.17. The highest BCUT2D eigenvalue weighted by atomic mass is 32.2. The Balaban J connectivity index is 1.78. The molecule has 3 rings (SSSR count). The topological polar surface area (TPSA) is 61.9 Å². The van der Waals surface area contributed by atoms with Crippen LogP contribution in [0.1, 0.15) is 19.7 Å². The number of aromatic nitrogens is 3. The van der Waals surface area contributed by atoms with Crippen LogP contribution >= 0.6 is 11.8 Å². The van der Waals surface area contributed by atoms with Crippen LogP contribution in [0.2, 0.25) is 0 Å². The molecule has 124 valence electrons. The molecule has 0 aliphatic heterocycles. The number of carbonyl (C=O) groups is 1. The molecule has 0 fully saturated rings. The lowest BCUT2D eigenvalue weighted by Gasteiger charge is -2.22. The summed E-state index contributed by atoms with van der Waals surface area (Å²) < 4.78 is 0. The number of amides is 1. The second kappa shape index (κ2) is 7.49. The summed E-state index contributed by atoms with van der Waals surface area (Å²) in [6.45, 7) is 4.63. The van der Waals surface area contributed by atoms with Gasteiger partial charge in [-0.05, 0) is 18.4 Å². The van der Waals surface area contributed by atoms with E-state index in [1.54, 1.807) is 0 Å². The number of hydrogen-bond acceptors (Lipinski definition) is 4. The zero-order valence-corrected chi connectivity index (χ0v) is 14.6. The maximum absolute atomic E-state index is 12.7. The van der Waals surface area contributed by atoms with Gasteiger partial charge < -0.3 is 4.90 Å². The van der Waals surface area contributed by atoms with Crippen molar-refractivity contribution < 1.29 is 4.79 Å². The minimum atomic E-state index is 0.0571. The van der Waals surface area contributed by atoms with E-state index in [1.807, 2.05) is 43.0 Å². The first-order valence-electron chi connectivity index (χ1n) is 8.05. The third-order valence-corrected chi connectivity index (χ3v) is 4.68. The van der Waals surface area contributed by atoms with Crippen LogP contribution in [0.4, 0.5) is 5.69 Å². The predicted octanol–water partition coefficient (Wildman–Crippen LogP) is 3.67. The number of aromatic amines is 1. The first-order chi connectivity index (χ1) is 11.7. The van der Waals surface area contributed by atoms with Crippen molar-refractivity contribution in [1.82, 2.24) is 15.2 Å². The molecule has 2 aromatic carbocycles. The Morgan fingerprint density at radius 2 is 1.96 bits per heavy atom. The van der Waals surface area contributed by atoms with E-state index >= 15 is 0 Å². The Labute approximate surface area is 145 Å². The van der Waals surface area contributed by atoms with Crippen LogP contribution in [0.5, 0.6) is 0 Å². The third-order valence-electron chi connectivity index (χ3n) is 3.85. The molecule has 0 spiro atoms. The molecule has 0 aliphatic carbocycles. The van der Waals surface area contributed by atoms with E-state index in [9.17, 15) is 4.79 Å². The van der Waals surface area contributed by atoms with Crippen molar-refractivity contribution in [3.63, 3.8) is 0 Å². The Hall–Kier alpha value is -2.34. The van der Waals surface area contributed by atoms with Crippen molar-refractivity contribution in [3.8, 4) is 0 Å². The van der Waals surface area contributed by atoms with Crippen molar-refractivity contribution in [2.24, 2.45) is 0 Å². The summed E-state index contributed by atoms with van der Waals surface area (Å²) in [7, 11) is 0. The summed E-state index contributed by atoms with van der Waals surface area (Å²) >= 11 is 1.36. The number of carbonyl (C=O) groups excluding carboxylic acids is 1. The Bertz CT molecular complexity index is 840. The van der Waals surface area contributed by atoms with E-state index in [0.717, 1.165) is 28.7 Å². The lowest BCUT2D eigenvalue weighted by Crippen LogP contribution is -2.32. The first kappa shape index (κ1) is 16.5. The standard InChI is InChI=1S/C18H20N4OS/c1-3-16-19-18(21-20-16)24-12-17(23)22(4-2)15-11-7-9-13-8-5-6-10-14(13)15/h5-11H,3-4,12H2,1-2H3,(H,19,20,21). The maximum Gasteiger partial charge on any atom is 0.237 e. The average Bonchev–Trinajstić information content (AvgIpc) is 3.09. The molecule has 0 unspecified atom stereocenters. The number of rotatable bonds is 6. The quantitative estimate of drug-likeness (QED) is 0.696. The van der Waals surface area contributed by atoms with Gasteiger partial charge in [-0.15, -0.1) is 5.10 Å². The summed E-state index contributed by atoms with van der Waals surface area (Å²) in [6.07, 6.45) is 0.804. The molecule has 3 aromatic rings. The molecule has 0 saturated carbocycles. The summed E-state index contributed by atoms with van der Waals surface area (Å²) in [4.78, 5) is 18.9. The predicted molar refractivity (Wildman–Crippen MR) is 98.5 cm³/mol. The Morgan fingerprint density at radius 1 is 1.17 bits per heavy atom. The van der Waals surface area contributed by atoms with E-state index in [1.165, 1.54) is 11.8 Å². The van der Waals surface area contributed by atoms with Gasteiger partial charge in [0.15, 0.2) is 0 Å². The van der Waals surface area contributed by atoms with Crippen LogP contribution in [0.3, 0.4) is 0 Å². The zero-order valence-electron chi connectivity index (χ0n) is 13.8. The largest absolute Gasteiger partial charge is 0.311 e. The summed E-state index contributed by atoms with van der Waals surface area (Å²) in [6, 6.07) is 14.2. The normalized spacial score (nSPS) is 10.9. The fourth-order valence-electron chi connectivity index (χ4n) is 2.63. The molecule has 0 atom stereocenters. The van der Waals surface area contributed by atoms with Crippen molar-refractivity contribution in [1.29, 1.82) is 0 Å². The molecule has 0 saturated heterocycles. The van der Waals surface area contributed by atoms with Gasteiger partial charge in [0.2, 0.25) is 11.1 Å². The van der Waals surface area contributed by atoms with Gasteiger partial charge in [0.05, 0.1) is 11.4 Å². The fraction of sp³-hybridized carbons (Fsp3) is 0.278. The van der Waals surface area contributed by atoms with E-state index in [0.29, 0.717) is 17.5 Å². The molecule has 0 aliphatic rings. The van der Waals surface area contributed by atoms with Gasteiger partial charge >= 0.3 is 0 Å². The van der Waals surface area contributed by atoms with Gasteiger partial charge in [0, 0.05) is 18.4 Å². The van der Waals surface area contributed by atoms with Gasteiger partial charge in [0.25, 0.3) is 0 Å². The van der Waals surface area contributed by atoms with Crippen molar-refractivity contribution in [2.75, 3.05) is 17.2 Å². The van der Waals surface area contributed by atoms with Crippen LogP contribution in [0.25, 0.3) is 10.8 Å².